The van der Waals surface area contributed by atoms with E-state index in [1.165, 1.54) is 6.08 Å². The van der Waals surface area contributed by atoms with Gasteiger partial charge in [0.15, 0.2) is 5.13 Å². The molecule has 27 heavy (non-hydrogen) atoms. The molecule has 1 aromatic carbocycles. The molecular formula is C20H24N2O4S. The molecule has 2 rings (SSSR count). The first-order valence-corrected chi connectivity index (χ1v) is 9.71. The molecule has 0 saturated carbocycles. The van der Waals surface area contributed by atoms with E-state index >= 15 is 0 Å². The second kappa shape index (κ2) is 10.5. The predicted octanol–water partition coefficient (Wildman–Crippen LogP) is 4.46. The first-order chi connectivity index (χ1) is 13.0. The van der Waals surface area contributed by atoms with E-state index in [9.17, 15) is 9.59 Å². The molecule has 0 atom stereocenters. The van der Waals surface area contributed by atoms with E-state index in [0.29, 0.717) is 28.9 Å². The number of ether oxygens (including phenoxy) is 2. The molecule has 0 unspecified atom stereocenters. The Kier molecular flexibility index (Phi) is 8.00. The molecular weight excluding hydrogens is 364 g/mol. The number of nitrogens with one attached hydrogen (secondary N) is 1. The third kappa shape index (κ3) is 6.53. The maximum Gasteiger partial charge on any atom is 0.350 e. The zero-order valence-electron chi connectivity index (χ0n) is 15.8. The number of thiazole rings is 1. The number of unbranched alkanes of at least 4 members (excludes halogenated alkanes) is 1. The zero-order valence-corrected chi connectivity index (χ0v) is 16.6. The fourth-order valence-corrected chi connectivity index (χ4v) is 3.03. The molecule has 0 aliphatic carbocycles. The summed E-state index contributed by atoms with van der Waals surface area (Å²) in [6.45, 7) is 6.56. The van der Waals surface area contributed by atoms with Crippen molar-refractivity contribution >= 4 is 34.4 Å². The van der Waals surface area contributed by atoms with Crippen LogP contribution in [0.5, 0.6) is 5.75 Å². The van der Waals surface area contributed by atoms with Gasteiger partial charge in [0.2, 0.25) is 5.91 Å². The van der Waals surface area contributed by atoms with Crippen LogP contribution >= 0.6 is 11.3 Å². The van der Waals surface area contributed by atoms with Gasteiger partial charge < -0.3 is 9.47 Å². The number of hydrogen-bond acceptors (Lipinski definition) is 6. The molecule has 144 valence electrons. The number of rotatable bonds is 9. The van der Waals surface area contributed by atoms with Crippen LogP contribution in [-0.4, -0.2) is 30.1 Å². The summed E-state index contributed by atoms with van der Waals surface area (Å²) in [7, 11) is 0. The standard InChI is InChI=1S/C20H24N2O4S/c1-4-6-13-26-16-10-7-15(8-11-16)9-12-17(23)22-20-21-14(3)18(27-20)19(24)25-5-2/h7-12H,4-6,13H2,1-3H3,(H,21,22,23)/b12-9+. The largest absolute Gasteiger partial charge is 0.494 e. The van der Waals surface area contributed by atoms with Gasteiger partial charge in [-0.25, -0.2) is 9.78 Å². The van der Waals surface area contributed by atoms with E-state index < -0.39 is 5.97 Å². The summed E-state index contributed by atoms with van der Waals surface area (Å²) in [5.74, 6) is 0.0713. The lowest BCUT2D eigenvalue weighted by Gasteiger charge is -2.05. The lowest BCUT2D eigenvalue weighted by molar-refractivity contribution is -0.111. The molecule has 0 fully saturated rings. The molecule has 7 heteroatoms. The van der Waals surface area contributed by atoms with Crippen molar-refractivity contribution in [3.63, 3.8) is 0 Å². The van der Waals surface area contributed by atoms with Gasteiger partial charge in [0, 0.05) is 6.08 Å². The van der Waals surface area contributed by atoms with Crippen molar-refractivity contribution in [3.05, 3.63) is 46.5 Å². The Hall–Kier alpha value is -2.67. The second-order valence-electron chi connectivity index (χ2n) is 5.75. The van der Waals surface area contributed by atoms with Crippen LogP contribution in [-0.2, 0) is 9.53 Å². The van der Waals surface area contributed by atoms with E-state index in [0.717, 1.165) is 35.5 Å². The van der Waals surface area contributed by atoms with Crippen LogP contribution < -0.4 is 10.1 Å². The highest BCUT2D eigenvalue weighted by atomic mass is 32.1. The lowest BCUT2D eigenvalue weighted by atomic mass is 10.2. The first-order valence-electron chi connectivity index (χ1n) is 8.90. The summed E-state index contributed by atoms with van der Waals surface area (Å²) in [6.07, 6.45) is 5.25. The summed E-state index contributed by atoms with van der Waals surface area (Å²) >= 11 is 1.10. The Morgan fingerprint density at radius 1 is 1.22 bits per heavy atom. The van der Waals surface area contributed by atoms with Gasteiger partial charge in [-0.1, -0.05) is 36.8 Å². The van der Waals surface area contributed by atoms with E-state index in [1.807, 2.05) is 24.3 Å². The molecule has 0 aliphatic heterocycles. The average molecular weight is 388 g/mol. The highest BCUT2D eigenvalue weighted by Gasteiger charge is 2.16. The minimum absolute atomic E-state index is 0.295. The fourth-order valence-electron chi connectivity index (χ4n) is 2.16. The Morgan fingerprint density at radius 2 is 1.96 bits per heavy atom. The number of aromatic nitrogens is 1. The molecule has 1 aromatic heterocycles. The number of aryl methyl sites for hydroxylation is 1. The molecule has 2 aromatic rings. The van der Waals surface area contributed by atoms with Crippen LogP contribution in [0.3, 0.4) is 0 Å². The van der Waals surface area contributed by atoms with Crippen molar-refractivity contribution in [1.29, 1.82) is 0 Å². The molecule has 0 radical (unpaired) electrons. The molecule has 0 saturated heterocycles. The minimum Gasteiger partial charge on any atom is -0.494 e. The Bertz CT molecular complexity index is 797. The Labute approximate surface area is 163 Å². The monoisotopic (exact) mass is 388 g/mol. The fraction of sp³-hybridized carbons (Fsp3) is 0.350. The number of anilines is 1. The van der Waals surface area contributed by atoms with Crippen LogP contribution in [0.15, 0.2) is 30.3 Å². The molecule has 0 bridgehead atoms. The maximum atomic E-state index is 12.1. The average Bonchev–Trinajstić information content (AvgIpc) is 3.01. The van der Waals surface area contributed by atoms with Gasteiger partial charge in [0.25, 0.3) is 0 Å². The van der Waals surface area contributed by atoms with E-state index in [2.05, 4.69) is 17.2 Å². The van der Waals surface area contributed by atoms with Crippen LogP contribution in [0.4, 0.5) is 5.13 Å². The number of carbonyl (C=O) groups is 2. The number of hydrogen-bond donors (Lipinski definition) is 1. The highest BCUT2D eigenvalue weighted by Crippen LogP contribution is 2.23. The lowest BCUT2D eigenvalue weighted by Crippen LogP contribution is -2.07. The predicted molar refractivity (Wildman–Crippen MR) is 107 cm³/mol. The van der Waals surface area contributed by atoms with Crippen LogP contribution in [0, 0.1) is 6.92 Å². The SMILES string of the molecule is CCCCOc1ccc(/C=C/C(=O)Nc2nc(C)c(C(=O)OCC)s2)cc1. The van der Waals surface area contributed by atoms with Crippen molar-refractivity contribution in [3.8, 4) is 5.75 Å². The minimum atomic E-state index is -0.426. The summed E-state index contributed by atoms with van der Waals surface area (Å²) < 4.78 is 10.6. The van der Waals surface area contributed by atoms with Gasteiger partial charge in [-0.05, 0) is 44.0 Å². The van der Waals surface area contributed by atoms with Crippen molar-refractivity contribution < 1.29 is 19.1 Å². The number of benzene rings is 1. The first kappa shape index (κ1) is 20.6. The van der Waals surface area contributed by atoms with Crippen molar-refractivity contribution in [2.24, 2.45) is 0 Å². The molecule has 1 N–H and O–H groups in total. The van der Waals surface area contributed by atoms with Crippen molar-refractivity contribution in [2.75, 3.05) is 18.5 Å². The summed E-state index contributed by atoms with van der Waals surface area (Å²) in [4.78, 5) is 28.5. The second-order valence-corrected chi connectivity index (χ2v) is 6.75. The molecule has 1 amide bonds. The summed E-state index contributed by atoms with van der Waals surface area (Å²) in [6, 6.07) is 7.53. The van der Waals surface area contributed by atoms with Gasteiger partial charge in [-0.2, -0.15) is 0 Å². The number of nitrogens with zero attached hydrogens (tertiary/aromatic N) is 1. The number of amides is 1. The topological polar surface area (TPSA) is 77.5 Å². The normalized spacial score (nSPS) is 10.8. The molecule has 0 aliphatic rings. The Morgan fingerprint density at radius 3 is 2.63 bits per heavy atom. The third-order valence-electron chi connectivity index (χ3n) is 3.56. The summed E-state index contributed by atoms with van der Waals surface area (Å²) in [5, 5.41) is 3.03. The zero-order chi connectivity index (χ0) is 19.6. The molecule has 0 spiro atoms. The van der Waals surface area contributed by atoms with Gasteiger partial charge in [0.1, 0.15) is 10.6 Å². The van der Waals surface area contributed by atoms with Gasteiger partial charge in [0.05, 0.1) is 18.9 Å². The Balaban J connectivity index is 1.91. The molecule has 6 nitrogen and oxygen atoms in total. The number of carbonyl (C=O) groups excluding carboxylic acids is 2. The van der Waals surface area contributed by atoms with Gasteiger partial charge in [-0.15, -0.1) is 0 Å². The quantitative estimate of drug-likeness (QED) is 0.390. The smallest absolute Gasteiger partial charge is 0.350 e. The molecule has 1 heterocycles. The van der Waals surface area contributed by atoms with Crippen LogP contribution in [0.2, 0.25) is 0 Å². The summed E-state index contributed by atoms with van der Waals surface area (Å²) in [5.41, 5.74) is 1.42. The maximum absolute atomic E-state index is 12.1. The van der Waals surface area contributed by atoms with E-state index in [1.54, 1.807) is 19.9 Å². The van der Waals surface area contributed by atoms with Crippen molar-refractivity contribution in [2.45, 2.75) is 33.6 Å². The van der Waals surface area contributed by atoms with Crippen LogP contribution in [0.25, 0.3) is 6.08 Å². The number of esters is 1. The van der Waals surface area contributed by atoms with Crippen LogP contribution in [0.1, 0.15) is 47.6 Å². The van der Waals surface area contributed by atoms with E-state index in [-0.39, 0.29) is 5.91 Å². The highest BCUT2D eigenvalue weighted by molar-refractivity contribution is 7.17. The van der Waals surface area contributed by atoms with E-state index in [4.69, 9.17) is 9.47 Å². The third-order valence-corrected chi connectivity index (χ3v) is 4.61. The van der Waals surface area contributed by atoms with Gasteiger partial charge in [-0.3, -0.25) is 10.1 Å². The van der Waals surface area contributed by atoms with Crippen molar-refractivity contribution in [1.82, 2.24) is 4.98 Å². The van der Waals surface area contributed by atoms with Gasteiger partial charge >= 0.3 is 5.97 Å².